The number of carbonyl (C=O) groups is 1. The van der Waals surface area contributed by atoms with Crippen molar-refractivity contribution in [2.45, 2.75) is 45.4 Å². The molecule has 2 aliphatic heterocycles. The summed E-state index contributed by atoms with van der Waals surface area (Å²) in [4.78, 5) is 16.2. The maximum atomic E-state index is 11.8. The number of amides is 1. The van der Waals surface area contributed by atoms with Crippen molar-refractivity contribution in [2.24, 2.45) is 0 Å². The minimum atomic E-state index is 0.245. The zero-order valence-corrected chi connectivity index (χ0v) is 14.0. The van der Waals surface area contributed by atoms with Gasteiger partial charge in [0.15, 0.2) is 5.82 Å². The number of hydrogen-bond acceptors (Lipinski definition) is 5. The molecule has 1 saturated heterocycles. The molecule has 122 valence electrons. The Morgan fingerprint density at radius 1 is 1.13 bits per heavy atom. The molecule has 4 rings (SSSR count). The van der Waals surface area contributed by atoms with Crippen LogP contribution in [0.2, 0.25) is 0 Å². The first-order valence-corrected chi connectivity index (χ1v) is 9.16. The van der Waals surface area contributed by atoms with E-state index in [9.17, 15) is 4.79 Å². The molecule has 7 heteroatoms. The Kier molecular flexibility index (Phi) is 4.13. The highest BCUT2D eigenvalue weighted by atomic mass is 32.1. The first kappa shape index (κ1) is 14.8. The molecule has 0 unspecified atom stereocenters. The maximum absolute atomic E-state index is 11.8. The molecule has 0 aromatic carbocycles. The van der Waals surface area contributed by atoms with Crippen LogP contribution in [-0.2, 0) is 31.0 Å². The molecule has 2 aliphatic rings. The summed E-state index contributed by atoms with van der Waals surface area (Å²) in [6, 6.07) is 2.19. The first-order chi connectivity index (χ1) is 11.3. The number of likely N-dealkylation sites (tertiary alicyclic amines) is 1. The van der Waals surface area contributed by atoms with Crippen molar-refractivity contribution in [2.75, 3.05) is 13.1 Å². The van der Waals surface area contributed by atoms with Gasteiger partial charge in [-0.2, -0.15) is 11.3 Å². The van der Waals surface area contributed by atoms with Crippen LogP contribution in [0.3, 0.4) is 0 Å². The van der Waals surface area contributed by atoms with Crippen molar-refractivity contribution in [1.82, 2.24) is 24.6 Å². The smallest absolute Gasteiger partial charge is 0.223 e. The number of thiophene rings is 1. The molecule has 1 fully saturated rings. The van der Waals surface area contributed by atoms with Crippen LogP contribution in [0.25, 0.3) is 0 Å². The lowest BCUT2D eigenvalue weighted by molar-refractivity contribution is -0.128. The predicted octanol–water partition coefficient (Wildman–Crippen LogP) is 1.87. The zero-order valence-electron chi connectivity index (χ0n) is 13.1. The first-order valence-electron chi connectivity index (χ1n) is 8.22. The maximum Gasteiger partial charge on any atom is 0.223 e. The fourth-order valence-electron chi connectivity index (χ4n) is 3.41. The molecule has 0 N–H and O–H groups in total. The predicted molar refractivity (Wildman–Crippen MR) is 87.7 cm³/mol. The average Bonchev–Trinajstić information content (AvgIpc) is 3.23. The normalized spacial score (nSPS) is 19.1. The largest absolute Gasteiger partial charge is 0.335 e. The molecule has 4 heterocycles. The van der Waals surface area contributed by atoms with E-state index >= 15 is 0 Å². The Morgan fingerprint density at radius 2 is 2.09 bits per heavy atom. The van der Waals surface area contributed by atoms with Gasteiger partial charge in [-0.15, -0.1) is 10.2 Å². The third kappa shape index (κ3) is 3.16. The van der Waals surface area contributed by atoms with Crippen molar-refractivity contribution < 1.29 is 4.79 Å². The van der Waals surface area contributed by atoms with Crippen LogP contribution in [0.4, 0.5) is 0 Å². The molecule has 0 aliphatic carbocycles. The molecule has 2 aromatic heterocycles. The minimum absolute atomic E-state index is 0.245. The molecule has 0 atom stereocenters. The van der Waals surface area contributed by atoms with Crippen molar-refractivity contribution in [3.05, 3.63) is 34.0 Å². The lowest BCUT2D eigenvalue weighted by Gasteiger charge is -2.17. The second kappa shape index (κ2) is 6.41. The van der Waals surface area contributed by atoms with Gasteiger partial charge >= 0.3 is 0 Å². The van der Waals surface area contributed by atoms with Gasteiger partial charge in [-0.05, 0) is 35.2 Å². The monoisotopic (exact) mass is 331 g/mol. The average molecular weight is 331 g/mol. The highest BCUT2D eigenvalue weighted by Gasteiger charge is 2.25. The Labute approximate surface area is 139 Å². The second-order valence-corrected chi connectivity index (χ2v) is 7.08. The molecule has 1 amide bonds. The van der Waals surface area contributed by atoms with Crippen LogP contribution in [0.1, 0.15) is 36.5 Å². The Morgan fingerprint density at radius 3 is 2.87 bits per heavy atom. The molecule has 0 bridgehead atoms. The standard InChI is InChI=1S/C16H21N5OS/c22-16-3-1-6-20(16)11-15-18-17-14-10-19(5-2-7-21(14)15)9-13-4-8-23-12-13/h4,8,12H,1-3,5-7,9-11H2. The van der Waals surface area contributed by atoms with E-state index in [4.69, 9.17) is 0 Å². The summed E-state index contributed by atoms with van der Waals surface area (Å²) < 4.78 is 2.22. The summed E-state index contributed by atoms with van der Waals surface area (Å²) in [5.41, 5.74) is 1.37. The number of rotatable bonds is 4. The van der Waals surface area contributed by atoms with Gasteiger partial charge in [0.05, 0.1) is 13.1 Å². The molecular formula is C16H21N5OS. The van der Waals surface area contributed by atoms with Crippen molar-refractivity contribution in [3.63, 3.8) is 0 Å². The van der Waals surface area contributed by atoms with Crippen LogP contribution < -0.4 is 0 Å². The third-order valence-corrected chi connectivity index (χ3v) is 5.35. The topological polar surface area (TPSA) is 54.3 Å². The number of carbonyl (C=O) groups excluding carboxylic acids is 1. The highest BCUT2D eigenvalue weighted by molar-refractivity contribution is 7.07. The minimum Gasteiger partial charge on any atom is -0.335 e. The van der Waals surface area contributed by atoms with Crippen LogP contribution in [0.15, 0.2) is 16.8 Å². The summed E-state index contributed by atoms with van der Waals surface area (Å²) >= 11 is 1.74. The highest BCUT2D eigenvalue weighted by Crippen LogP contribution is 2.19. The summed E-state index contributed by atoms with van der Waals surface area (Å²) in [5, 5.41) is 13.1. The molecule has 0 spiro atoms. The van der Waals surface area contributed by atoms with Gasteiger partial charge in [0.25, 0.3) is 0 Å². The van der Waals surface area contributed by atoms with Gasteiger partial charge in [-0.3, -0.25) is 9.69 Å². The molecule has 0 saturated carbocycles. The molecule has 2 aromatic rings. The fourth-order valence-corrected chi connectivity index (χ4v) is 4.07. The van der Waals surface area contributed by atoms with E-state index in [-0.39, 0.29) is 5.91 Å². The Bertz CT molecular complexity index is 681. The number of fused-ring (bicyclic) bond motifs is 1. The van der Waals surface area contributed by atoms with Gasteiger partial charge < -0.3 is 9.47 Å². The lowest BCUT2D eigenvalue weighted by Crippen LogP contribution is -2.26. The van der Waals surface area contributed by atoms with Crippen LogP contribution in [0, 0.1) is 0 Å². The van der Waals surface area contributed by atoms with Gasteiger partial charge in [0, 0.05) is 32.6 Å². The van der Waals surface area contributed by atoms with E-state index in [1.165, 1.54) is 5.56 Å². The molecule has 23 heavy (non-hydrogen) atoms. The summed E-state index contributed by atoms with van der Waals surface area (Å²) in [5.74, 6) is 2.21. The van der Waals surface area contributed by atoms with E-state index in [0.29, 0.717) is 13.0 Å². The van der Waals surface area contributed by atoms with E-state index in [2.05, 4.69) is 36.5 Å². The van der Waals surface area contributed by atoms with Crippen molar-refractivity contribution >= 4 is 17.2 Å². The number of aromatic nitrogens is 3. The van der Waals surface area contributed by atoms with Gasteiger partial charge in [-0.25, -0.2) is 0 Å². The summed E-state index contributed by atoms with van der Waals surface area (Å²) in [7, 11) is 0. The summed E-state index contributed by atoms with van der Waals surface area (Å²) in [6.07, 6.45) is 2.74. The third-order valence-electron chi connectivity index (χ3n) is 4.62. The SMILES string of the molecule is O=C1CCCN1Cc1nnc2n1CCCN(Cc1ccsc1)C2. The number of hydrogen-bond donors (Lipinski definition) is 0. The second-order valence-electron chi connectivity index (χ2n) is 6.30. The van der Waals surface area contributed by atoms with Gasteiger partial charge in [-0.1, -0.05) is 0 Å². The quantitative estimate of drug-likeness (QED) is 0.858. The fraction of sp³-hybridized carbons (Fsp3) is 0.562. The van der Waals surface area contributed by atoms with E-state index in [1.54, 1.807) is 11.3 Å². The lowest BCUT2D eigenvalue weighted by atomic mass is 10.3. The van der Waals surface area contributed by atoms with Crippen LogP contribution >= 0.6 is 11.3 Å². The summed E-state index contributed by atoms with van der Waals surface area (Å²) in [6.45, 7) is 5.27. The van der Waals surface area contributed by atoms with Crippen molar-refractivity contribution in [3.8, 4) is 0 Å². The van der Waals surface area contributed by atoms with Crippen molar-refractivity contribution in [1.29, 1.82) is 0 Å². The van der Waals surface area contributed by atoms with Gasteiger partial charge in [0.1, 0.15) is 5.82 Å². The number of nitrogens with zero attached hydrogens (tertiary/aromatic N) is 5. The van der Waals surface area contributed by atoms with E-state index in [0.717, 1.165) is 57.2 Å². The van der Waals surface area contributed by atoms with E-state index < -0.39 is 0 Å². The van der Waals surface area contributed by atoms with Gasteiger partial charge in [0.2, 0.25) is 5.91 Å². The van der Waals surface area contributed by atoms with Crippen LogP contribution in [-0.4, -0.2) is 43.6 Å². The zero-order chi connectivity index (χ0) is 15.6. The molecule has 6 nitrogen and oxygen atoms in total. The molecular weight excluding hydrogens is 310 g/mol. The molecule has 0 radical (unpaired) electrons. The Balaban J connectivity index is 1.47. The van der Waals surface area contributed by atoms with Crippen LogP contribution in [0.5, 0.6) is 0 Å². The van der Waals surface area contributed by atoms with E-state index in [1.807, 2.05) is 4.90 Å². The Hall–Kier alpha value is -1.73.